The van der Waals surface area contributed by atoms with Gasteiger partial charge in [0.05, 0.1) is 11.0 Å². The Morgan fingerprint density at radius 1 is 1.00 bits per heavy atom. The Bertz CT molecular complexity index is 702. The van der Waals surface area contributed by atoms with Crippen LogP contribution in [0, 0.1) is 6.92 Å². The molecule has 2 aliphatic carbocycles. The first-order chi connectivity index (χ1) is 11.1. The Kier molecular flexibility index (Phi) is 4.71. The number of nitrogens with two attached hydrogens (primary N) is 1. The van der Waals surface area contributed by atoms with Gasteiger partial charge in [0.25, 0.3) is 0 Å². The number of rotatable bonds is 3. The van der Waals surface area contributed by atoms with Crippen LogP contribution in [0.4, 0.5) is 0 Å². The fraction of sp³-hybridized carbons (Fsp3) is 0.579. The highest BCUT2D eigenvalue weighted by Crippen LogP contribution is 2.46. The molecule has 2 aromatic rings. The molecule has 1 heterocycles. The molecule has 4 rings (SSSR count). The van der Waals surface area contributed by atoms with Crippen LogP contribution >= 0.6 is 12.4 Å². The molecule has 0 aliphatic heterocycles. The van der Waals surface area contributed by atoms with Gasteiger partial charge in [-0.05, 0) is 50.2 Å². The monoisotopic (exact) mass is 347 g/mol. The van der Waals surface area contributed by atoms with Gasteiger partial charge >= 0.3 is 0 Å². The van der Waals surface area contributed by atoms with E-state index in [2.05, 4.69) is 36.3 Å². The minimum atomic E-state index is -0.358. The van der Waals surface area contributed by atoms with Gasteiger partial charge in [0, 0.05) is 0 Å². The molecule has 4 nitrogen and oxygen atoms in total. The summed E-state index contributed by atoms with van der Waals surface area (Å²) in [5, 5.41) is 4.27. The third-order valence-corrected chi connectivity index (χ3v) is 5.89. The maximum Gasteiger partial charge on any atom is 0.237 e. The van der Waals surface area contributed by atoms with Crippen LogP contribution in [0.3, 0.4) is 0 Å². The normalized spacial score (nSPS) is 21.6. The zero-order valence-corrected chi connectivity index (χ0v) is 15.1. The van der Waals surface area contributed by atoms with Gasteiger partial charge in [-0.2, -0.15) is 4.98 Å². The molecule has 0 saturated heterocycles. The van der Waals surface area contributed by atoms with Crippen LogP contribution in [-0.2, 0) is 11.0 Å². The maximum absolute atomic E-state index is 6.39. The minimum Gasteiger partial charge on any atom is -0.338 e. The van der Waals surface area contributed by atoms with E-state index in [-0.39, 0.29) is 23.4 Å². The molecular weight excluding hydrogens is 322 g/mol. The van der Waals surface area contributed by atoms with Gasteiger partial charge in [-0.15, -0.1) is 12.4 Å². The fourth-order valence-electron chi connectivity index (χ4n) is 4.26. The van der Waals surface area contributed by atoms with Crippen molar-refractivity contribution in [3.63, 3.8) is 0 Å². The Morgan fingerprint density at radius 2 is 1.71 bits per heavy atom. The molecule has 0 atom stereocenters. The molecule has 2 N–H and O–H groups in total. The molecule has 0 spiro atoms. The zero-order valence-electron chi connectivity index (χ0n) is 14.3. The SMILES string of the molecule is Cc1ccccc1C1(c2nc(C3(N)CCC3)no2)CCCCC1.Cl. The van der Waals surface area contributed by atoms with Gasteiger partial charge in [0.2, 0.25) is 5.89 Å². The first-order valence-electron chi connectivity index (χ1n) is 8.84. The van der Waals surface area contributed by atoms with Crippen LogP contribution in [0.2, 0.25) is 0 Å². The fourth-order valence-corrected chi connectivity index (χ4v) is 4.26. The molecule has 1 aromatic carbocycles. The second kappa shape index (κ2) is 6.49. The lowest BCUT2D eigenvalue weighted by atomic mass is 9.68. The van der Waals surface area contributed by atoms with Crippen molar-refractivity contribution in [2.75, 3.05) is 0 Å². The van der Waals surface area contributed by atoms with Gasteiger partial charge in [0.15, 0.2) is 5.82 Å². The molecular formula is C19H26ClN3O. The molecule has 0 radical (unpaired) electrons. The van der Waals surface area contributed by atoms with E-state index in [4.69, 9.17) is 15.2 Å². The number of hydrogen-bond acceptors (Lipinski definition) is 4. The van der Waals surface area contributed by atoms with Gasteiger partial charge < -0.3 is 10.3 Å². The lowest BCUT2D eigenvalue weighted by Crippen LogP contribution is -2.44. The van der Waals surface area contributed by atoms with Crippen LogP contribution in [-0.4, -0.2) is 10.1 Å². The maximum atomic E-state index is 6.39. The first-order valence-corrected chi connectivity index (χ1v) is 8.84. The highest BCUT2D eigenvalue weighted by atomic mass is 35.5. The summed E-state index contributed by atoms with van der Waals surface area (Å²) in [7, 11) is 0. The highest BCUT2D eigenvalue weighted by molar-refractivity contribution is 5.85. The number of aryl methyl sites for hydroxylation is 1. The van der Waals surface area contributed by atoms with Crippen LogP contribution in [0.25, 0.3) is 0 Å². The average Bonchev–Trinajstić information content (AvgIpc) is 3.04. The number of benzene rings is 1. The molecule has 2 aliphatic rings. The topological polar surface area (TPSA) is 64.9 Å². The second-order valence-electron chi connectivity index (χ2n) is 7.39. The van der Waals surface area contributed by atoms with E-state index >= 15 is 0 Å². The van der Waals surface area contributed by atoms with Crippen molar-refractivity contribution >= 4 is 12.4 Å². The molecule has 5 heteroatoms. The van der Waals surface area contributed by atoms with Crippen molar-refractivity contribution in [3.05, 3.63) is 47.1 Å². The Morgan fingerprint density at radius 3 is 2.33 bits per heavy atom. The zero-order chi connectivity index (χ0) is 15.9. The Balaban J connectivity index is 0.00000169. The molecule has 0 amide bonds. The Labute approximate surface area is 149 Å². The van der Waals surface area contributed by atoms with E-state index in [0.717, 1.165) is 38.0 Å². The number of hydrogen-bond donors (Lipinski definition) is 1. The van der Waals surface area contributed by atoms with Crippen molar-refractivity contribution in [1.82, 2.24) is 10.1 Å². The first kappa shape index (κ1) is 17.4. The number of aromatic nitrogens is 2. The van der Waals surface area contributed by atoms with Gasteiger partial charge in [-0.3, -0.25) is 0 Å². The summed E-state index contributed by atoms with van der Waals surface area (Å²) < 4.78 is 5.80. The second-order valence-corrected chi connectivity index (χ2v) is 7.39. The van der Waals surface area contributed by atoms with Gasteiger partial charge in [0.1, 0.15) is 0 Å². The number of halogens is 1. The summed E-state index contributed by atoms with van der Waals surface area (Å²) in [4.78, 5) is 4.81. The molecule has 130 valence electrons. The molecule has 0 unspecified atom stereocenters. The molecule has 24 heavy (non-hydrogen) atoms. The van der Waals surface area contributed by atoms with Crippen LogP contribution < -0.4 is 5.73 Å². The summed E-state index contributed by atoms with van der Waals surface area (Å²) in [5.41, 5.74) is 8.55. The average molecular weight is 348 g/mol. The third-order valence-electron chi connectivity index (χ3n) is 5.89. The van der Waals surface area contributed by atoms with E-state index in [1.54, 1.807) is 0 Å². The summed E-state index contributed by atoms with van der Waals surface area (Å²) in [6.07, 6.45) is 8.94. The lowest BCUT2D eigenvalue weighted by Gasteiger charge is -2.36. The van der Waals surface area contributed by atoms with Crippen molar-refractivity contribution < 1.29 is 4.52 Å². The largest absolute Gasteiger partial charge is 0.338 e. The van der Waals surface area contributed by atoms with E-state index in [0.29, 0.717) is 5.82 Å². The molecule has 0 bridgehead atoms. The van der Waals surface area contributed by atoms with E-state index in [1.165, 1.54) is 30.4 Å². The summed E-state index contributed by atoms with van der Waals surface area (Å²) in [6, 6.07) is 8.62. The van der Waals surface area contributed by atoms with Crippen molar-refractivity contribution in [3.8, 4) is 0 Å². The molecule has 1 aromatic heterocycles. The van der Waals surface area contributed by atoms with Crippen molar-refractivity contribution in [2.45, 2.75) is 69.2 Å². The number of nitrogens with zero attached hydrogens (tertiary/aromatic N) is 2. The van der Waals surface area contributed by atoms with Crippen molar-refractivity contribution in [1.29, 1.82) is 0 Å². The smallest absolute Gasteiger partial charge is 0.237 e. The van der Waals surface area contributed by atoms with E-state index < -0.39 is 0 Å². The summed E-state index contributed by atoms with van der Waals surface area (Å²) >= 11 is 0. The van der Waals surface area contributed by atoms with Gasteiger partial charge in [-0.25, -0.2) is 0 Å². The third kappa shape index (κ3) is 2.66. The van der Waals surface area contributed by atoms with Crippen molar-refractivity contribution in [2.24, 2.45) is 5.73 Å². The quantitative estimate of drug-likeness (QED) is 0.894. The van der Waals surface area contributed by atoms with Crippen LogP contribution in [0.15, 0.2) is 28.8 Å². The summed E-state index contributed by atoms with van der Waals surface area (Å²) in [6.45, 7) is 2.18. The van der Waals surface area contributed by atoms with E-state index in [1.807, 2.05) is 0 Å². The van der Waals surface area contributed by atoms with Gasteiger partial charge in [-0.1, -0.05) is 48.7 Å². The Hall–Kier alpha value is -1.39. The predicted molar refractivity (Wildman–Crippen MR) is 96.3 cm³/mol. The predicted octanol–water partition coefficient (Wildman–Crippen LogP) is 4.39. The van der Waals surface area contributed by atoms with Crippen LogP contribution in [0.1, 0.15) is 74.2 Å². The standard InChI is InChI=1S/C19H25N3O.ClH/c1-14-8-3-4-9-15(14)18(10-5-2-6-11-18)17-21-16(22-23-17)19(20)12-7-13-19;/h3-4,8-9H,2,5-7,10-13,20H2,1H3;1H. The van der Waals surface area contributed by atoms with E-state index in [9.17, 15) is 0 Å². The van der Waals surface area contributed by atoms with Crippen LogP contribution in [0.5, 0.6) is 0 Å². The molecule has 2 fully saturated rings. The highest BCUT2D eigenvalue weighted by Gasteiger charge is 2.45. The molecule has 2 saturated carbocycles. The lowest BCUT2D eigenvalue weighted by molar-refractivity contribution is 0.223. The minimum absolute atomic E-state index is 0. The summed E-state index contributed by atoms with van der Waals surface area (Å²) in [5.74, 6) is 1.48.